The van der Waals surface area contributed by atoms with Crippen LogP contribution in [-0.2, 0) is 11.3 Å². The van der Waals surface area contributed by atoms with Crippen LogP contribution in [0.1, 0.15) is 12.7 Å². The summed E-state index contributed by atoms with van der Waals surface area (Å²) in [6.07, 6.45) is 0.256. The number of hydrogen-bond acceptors (Lipinski definition) is 6. The van der Waals surface area contributed by atoms with Crippen LogP contribution in [0.5, 0.6) is 5.75 Å². The standard InChI is InChI=1S/C15H19N3O3/c1-11-9-18(7-8-20-11)10-14-16-15(21-17-14)12-3-5-13(19-2)6-4-12/h3-6,11H,7-10H2,1-2H3. The van der Waals surface area contributed by atoms with Gasteiger partial charge in [-0.25, -0.2) is 0 Å². The van der Waals surface area contributed by atoms with E-state index in [1.165, 1.54) is 0 Å². The van der Waals surface area contributed by atoms with E-state index in [9.17, 15) is 0 Å². The van der Waals surface area contributed by atoms with Crippen molar-refractivity contribution in [1.82, 2.24) is 15.0 Å². The highest BCUT2D eigenvalue weighted by atomic mass is 16.5. The maximum absolute atomic E-state index is 5.52. The van der Waals surface area contributed by atoms with Gasteiger partial charge in [-0.05, 0) is 31.2 Å². The fraction of sp³-hybridized carbons (Fsp3) is 0.467. The first-order valence-electron chi connectivity index (χ1n) is 7.05. The summed E-state index contributed by atoms with van der Waals surface area (Å²) < 4.78 is 16.0. The van der Waals surface area contributed by atoms with Crippen LogP contribution in [0.3, 0.4) is 0 Å². The lowest BCUT2D eigenvalue weighted by Gasteiger charge is -2.29. The van der Waals surface area contributed by atoms with Gasteiger partial charge in [0.1, 0.15) is 5.75 Å². The summed E-state index contributed by atoms with van der Waals surface area (Å²) in [6, 6.07) is 7.57. The van der Waals surface area contributed by atoms with E-state index in [1.54, 1.807) is 7.11 Å². The van der Waals surface area contributed by atoms with Crippen molar-refractivity contribution in [1.29, 1.82) is 0 Å². The summed E-state index contributed by atoms with van der Waals surface area (Å²) in [5.74, 6) is 2.05. The van der Waals surface area contributed by atoms with Crippen molar-refractivity contribution in [3.63, 3.8) is 0 Å². The summed E-state index contributed by atoms with van der Waals surface area (Å²) in [5.41, 5.74) is 0.893. The second-order valence-electron chi connectivity index (χ2n) is 5.16. The molecular formula is C15H19N3O3. The van der Waals surface area contributed by atoms with Gasteiger partial charge in [-0.3, -0.25) is 4.90 Å². The number of morpholine rings is 1. The predicted octanol–water partition coefficient (Wildman–Crippen LogP) is 1.97. The molecule has 0 bridgehead atoms. The molecule has 1 aliphatic rings. The molecule has 0 N–H and O–H groups in total. The Labute approximate surface area is 123 Å². The number of benzene rings is 1. The molecule has 2 aromatic rings. The number of rotatable bonds is 4. The van der Waals surface area contributed by atoms with Gasteiger partial charge < -0.3 is 14.0 Å². The van der Waals surface area contributed by atoms with Crippen LogP contribution >= 0.6 is 0 Å². The van der Waals surface area contributed by atoms with Gasteiger partial charge in [-0.1, -0.05) is 5.16 Å². The van der Waals surface area contributed by atoms with Crippen molar-refractivity contribution in [2.75, 3.05) is 26.8 Å². The van der Waals surface area contributed by atoms with Gasteiger partial charge in [0, 0.05) is 18.7 Å². The Kier molecular flexibility index (Phi) is 4.17. The molecule has 1 aromatic carbocycles. The number of nitrogens with zero attached hydrogens (tertiary/aromatic N) is 3. The van der Waals surface area contributed by atoms with Crippen LogP contribution in [0, 0.1) is 0 Å². The average Bonchev–Trinajstić information content (AvgIpc) is 2.96. The maximum atomic E-state index is 5.52. The van der Waals surface area contributed by atoms with Gasteiger partial charge in [0.2, 0.25) is 0 Å². The van der Waals surface area contributed by atoms with Crippen LogP contribution in [-0.4, -0.2) is 48.0 Å². The molecule has 3 rings (SSSR count). The largest absolute Gasteiger partial charge is 0.497 e. The van der Waals surface area contributed by atoms with Crippen LogP contribution in [0.25, 0.3) is 11.5 Å². The molecular weight excluding hydrogens is 270 g/mol. The first-order chi connectivity index (χ1) is 10.2. The normalized spacial score (nSPS) is 19.6. The van der Waals surface area contributed by atoms with E-state index in [0.29, 0.717) is 18.3 Å². The Morgan fingerprint density at radius 1 is 1.33 bits per heavy atom. The SMILES string of the molecule is COc1ccc(-c2nc(CN3CCOC(C)C3)no2)cc1. The van der Waals surface area contributed by atoms with E-state index < -0.39 is 0 Å². The molecule has 1 aromatic heterocycles. The molecule has 0 radical (unpaired) electrons. The second-order valence-corrected chi connectivity index (χ2v) is 5.16. The Morgan fingerprint density at radius 2 is 2.14 bits per heavy atom. The van der Waals surface area contributed by atoms with E-state index in [1.807, 2.05) is 24.3 Å². The lowest BCUT2D eigenvalue weighted by Crippen LogP contribution is -2.40. The lowest BCUT2D eigenvalue weighted by atomic mass is 10.2. The van der Waals surface area contributed by atoms with Crippen molar-refractivity contribution >= 4 is 0 Å². The quantitative estimate of drug-likeness (QED) is 0.857. The molecule has 2 heterocycles. The minimum absolute atomic E-state index is 0.256. The summed E-state index contributed by atoms with van der Waals surface area (Å²) in [5, 5.41) is 4.05. The Hall–Kier alpha value is -1.92. The van der Waals surface area contributed by atoms with Crippen molar-refractivity contribution < 1.29 is 14.0 Å². The van der Waals surface area contributed by atoms with E-state index >= 15 is 0 Å². The first-order valence-corrected chi connectivity index (χ1v) is 7.05. The fourth-order valence-electron chi connectivity index (χ4n) is 2.40. The topological polar surface area (TPSA) is 60.6 Å². The average molecular weight is 289 g/mol. The van der Waals surface area contributed by atoms with Gasteiger partial charge in [0.15, 0.2) is 5.82 Å². The number of ether oxygens (including phenoxy) is 2. The molecule has 1 aliphatic heterocycles. The zero-order chi connectivity index (χ0) is 14.7. The van der Waals surface area contributed by atoms with Crippen LogP contribution in [0.2, 0.25) is 0 Å². The minimum atomic E-state index is 0.256. The van der Waals surface area contributed by atoms with Gasteiger partial charge in [-0.2, -0.15) is 4.98 Å². The third-order valence-corrected chi connectivity index (χ3v) is 3.50. The molecule has 0 saturated carbocycles. The molecule has 1 atom stereocenters. The second kappa shape index (κ2) is 6.24. The van der Waals surface area contributed by atoms with Crippen LogP contribution in [0.15, 0.2) is 28.8 Å². The molecule has 1 fully saturated rings. The van der Waals surface area contributed by atoms with Crippen LogP contribution < -0.4 is 4.74 Å². The smallest absolute Gasteiger partial charge is 0.257 e. The third-order valence-electron chi connectivity index (χ3n) is 3.50. The highest BCUT2D eigenvalue weighted by molar-refractivity contribution is 5.54. The zero-order valence-corrected chi connectivity index (χ0v) is 12.3. The fourth-order valence-corrected chi connectivity index (χ4v) is 2.40. The summed E-state index contributed by atoms with van der Waals surface area (Å²) in [6.45, 7) is 5.31. The maximum Gasteiger partial charge on any atom is 0.257 e. The summed E-state index contributed by atoms with van der Waals surface area (Å²) in [4.78, 5) is 6.73. The highest BCUT2D eigenvalue weighted by Gasteiger charge is 2.19. The molecule has 0 amide bonds. The third kappa shape index (κ3) is 3.40. The number of methoxy groups -OCH3 is 1. The van der Waals surface area contributed by atoms with Crippen LogP contribution in [0.4, 0.5) is 0 Å². The van der Waals surface area contributed by atoms with Gasteiger partial charge in [0.25, 0.3) is 5.89 Å². The van der Waals surface area contributed by atoms with Gasteiger partial charge in [0.05, 0.1) is 26.4 Å². The molecule has 1 saturated heterocycles. The molecule has 112 valence electrons. The molecule has 1 unspecified atom stereocenters. The van der Waals surface area contributed by atoms with Gasteiger partial charge in [-0.15, -0.1) is 0 Å². The van der Waals surface area contributed by atoms with Crippen molar-refractivity contribution in [2.24, 2.45) is 0 Å². The molecule has 6 heteroatoms. The van der Waals surface area contributed by atoms with Crippen molar-refractivity contribution in [3.8, 4) is 17.2 Å². The molecule has 0 spiro atoms. The lowest BCUT2D eigenvalue weighted by molar-refractivity contribution is -0.0221. The Morgan fingerprint density at radius 3 is 2.86 bits per heavy atom. The van der Waals surface area contributed by atoms with Crippen molar-refractivity contribution in [3.05, 3.63) is 30.1 Å². The number of hydrogen-bond donors (Lipinski definition) is 0. The Balaban J connectivity index is 1.67. The minimum Gasteiger partial charge on any atom is -0.497 e. The highest BCUT2D eigenvalue weighted by Crippen LogP contribution is 2.21. The molecule has 0 aliphatic carbocycles. The van der Waals surface area contributed by atoms with E-state index in [4.69, 9.17) is 14.0 Å². The number of aromatic nitrogens is 2. The van der Waals surface area contributed by atoms with E-state index in [-0.39, 0.29) is 6.10 Å². The monoisotopic (exact) mass is 289 g/mol. The predicted molar refractivity (Wildman–Crippen MR) is 77.0 cm³/mol. The zero-order valence-electron chi connectivity index (χ0n) is 12.3. The molecule has 21 heavy (non-hydrogen) atoms. The van der Waals surface area contributed by atoms with E-state index in [0.717, 1.165) is 31.0 Å². The summed E-state index contributed by atoms with van der Waals surface area (Å²) in [7, 11) is 1.64. The molecule has 6 nitrogen and oxygen atoms in total. The van der Waals surface area contributed by atoms with Gasteiger partial charge >= 0.3 is 0 Å². The summed E-state index contributed by atoms with van der Waals surface area (Å²) >= 11 is 0. The Bertz CT molecular complexity index is 582. The first kappa shape index (κ1) is 14.0. The van der Waals surface area contributed by atoms with E-state index in [2.05, 4.69) is 22.0 Å². The van der Waals surface area contributed by atoms with Crippen molar-refractivity contribution in [2.45, 2.75) is 19.6 Å².